The van der Waals surface area contributed by atoms with E-state index in [9.17, 15) is 9.90 Å². The van der Waals surface area contributed by atoms with Crippen LogP contribution in [0.4, 0.5) is 0 Å². The van der Waals surface area contributed by atoms with Crippen LogP contribution in [0.25, 0.3) is 0 Å². The first kappa shape index (κ1) is 18.7. The van der Waals surface area contributed by atoms with Crippen LogP contribution in [-0.4, -0.2) is 11.1 Å². The van der Waals surface area contributed by atoms with Crippen LogP contribution in [0.3, 0.4) is 0 Å². The highest BCUT2D eigenvalue weighted by Gasteiger charge is 2.54. The van der Waals surface area contributed by atoms with Crippen LogP contribution in [0.15, 0.2) is 30.3 Å². The van der Waals surface area contributed by atoms with Crippen molar-refractivity contribution < 1.29 is 14.6 Å². The molecule has 0 saturated carbocycles. The fourth-order valence-electron chi connectivity index (χ4n) is 3.30. The molecule has 3 nitrogen and oxygen atoms in total. The van der Waals surface area contributed by atoms with Crippen LogP contribution >= 0.6 is 0 Å². The Morgan fingerprint density at radius 1 is 1.00 bits per heavy atom. The third kappa shape index (κ3) is 4.10. The van der Waals surface area contributed by atoms with Gasteiger partial charge in [0.2, 0.25) is 5.79 Å². The summed E-state index contributed by atoms with van der Waals surface area (Å²) in [5, 5.41) is 11.4. The minimum atomic E-state index is -1.73. The number of esters is 1. The number of aliphatic hydroxyl groups is 1. The molecule has 1 aromatic carbocycles. The van der Waals surface area contributed by atoms with E-state index in [2.05, 4.69) is 0 Å². The van der Waals surface area contributed by atoms with Crippen molar-refractivity contribution in [3.63, 3.8) is 0 Å². The average molecular weight is 305 g/mol. The molecule has 0 aliphatic rings. The summed E-state index contributed by atoms with van der Waals surface area (Å²) < 4.78 is 5.57. The van der Waals surface area contributed by atoms with E-state index in [0.29, 0.717) is 5.56 Å². The van der Waals surface area contributed by atoms with Crippen LogP contribution in [-0.2, 0) is 15.3 Å². The van der Waals surface area contributed by atoms with E-state index in [1.807, 2.05) is 59.7 Å². The summed E-state index contributed by atoms with van der Waals surface area (Å²) in [5.41, 5.74) is -0.0927. The quantitative estimate of drug-likeness (QED) is 0.660. The number of ether oxygens (including phenoxy) is 1. The molecule has 123 valence electrons. The number of carbonyl (C=O) groups is 1. The van der Waals surface area contributed by atoms with Crippen molar-refractivity contribution in [2.45, 2.75) is 60.7 Å². The third-order valence-electron chi connectivity index (χ3n) is 3.55. The molecule has 0 bridgehead atoms. The van der Waals surface area contributed by atoms with E-state index in [1.54, 1.807) is 19.1 Å². The fourth-order valence-corrected chi connectivity index (χ4v) is 3.30. The molecule has 1 aromatic rings. The van der Waals surface area contributed by atoms with E-state index < -0.39 is 11.8 Å². The van der Waals surface area contributed by atoms with E-state index in [4.69, 9.17) is 4.74 Å². The minimum absolute atomic E-state index is 0.219. The lowest BCUT2D eigenvalue weighted by molar-refractivity contribution is -0.222. The smallest absolute Gasteiger partial charge is 0.308 e. The fraction of sp³-hybridized carbons (Fsp3) is 0.579. The van der Waals surface area contributed by atoms with Gasteiger partial charge in [-0.05, 0) is 10.8 Å². The normalized spacial score (nSPS) is 15.5. The van der Waals surface area contributed by atoms with Crippen LogP contribution in [0.1, 0.15) is 60.5 Å². The molecular weight excluding hydrogens is 276 g/mol. The van der Waals surface area contributed by atoms with Crippen molar-refractivity contribution >= 4 is 5.97 Å². The SMILES string of the molecule is CCC(=O)OC(O)([C](C(C)(C)C)C(C)(C)C)c1ccccc1. The van der Waals surface area contributed by atoms with Crippen LogP contribution < -0.4 is 0 Å². The van der Waals surface area contributed by atoms with Crippen molar-refractivity contribution in [3.8, 4) is 0 Å². The van der Waals surface area contributed by atoms with Crippen molar-refractivity contribution in [1.29, 1.82) is 0 Å². The Labute approximate surface area is 134 Å². The summed E-state index contributed by atoms with van der Waals surface area (Å²) in [6.07, 6.45) is 0.219. The van der Waals surface area contributed by atoms with Crippen molar-refractivity contribution in [3.05, 3.63) is 41.8 Å². The minimum Gasteiger partial charge on any atom is -0.428 e. The molecule has 1 rings (SSSR count). The van der Waals surface area contributed by atoms with Gasteiger partial charge in [0.05, 0.1) is 5.92 Å². The van der Waals surface area contributed by atoms with Gasteiger partial charge < -0.3 is 9.84 Å². The monoisotopic (exact) mass is 305 g/mol. The molecule has 0 heterocycles. The molecule has 3 heteroatoms. The van der Waals surface area contributed by atoms with E-state index in [1.165, 1.54) is 0 Å². The molecule has 0 aromatic heterocycles. The predicted octanol–water partition coefficient (Wildman–Crippen LogP) is 4.45. The molecule has 0 fully saturated rings. The molecule has 0 aliphatic carbocycles. The molecule has 1 radical (unpaired) electrons. The summed E-state index contributed by atoms with van der Waals surface area (Å²) in [7, 11) is 0. The number of benzene rings is 1. The van der Waals surface area contributed by atoms with Crippen LogP contribution in [0.2, 0.25) is 0 Å². The van der Waals surface area contributed by atoms with Gasteiger partial charge in [0.1, 0.15) is 0 Å². The molecule has 1 N–H and O–H groups in total. The predicted molar refractivity (Wildman–Crippen MR) is 88.9 cm³/mol. The van der Waals surface area contributed by atoms with Crippen molar-refractivity contribution in [2.75, 3.05) is 0 Å². The van der Waals surface area contributed by atoms with Gasteiger partial charge in [-0.25, -0.2) is 0 Å². The van der Waals surface area contributed by atoms with E-state index in [-0.39, 0.29) is 17.3 Å². The van der Waals surface area contributed by atoms with Crippen LogP contribution in [0, 0.1) is 16.7 Å². The second kappa shape index (κ2) is 6.41. The average Bonchev–Trinajstić information content (AvgIpc) is 2.35. The largest absolute Gasteiger partial charge is 0.428 e. The Bertz CT molecular complexity index is 480. The first-order valence-electron chi connectivity index (χ1n) is 7.81. The number of hydrogen-bond donors (Lipinski definition) is 1. The Balaban J connectivity index is 3.50. The number of rotatable bonds is 4. The summed E-state index contributed by atoms with van der Waals surface area (Å²) in [6, 6.07) is 9.13. The van der Waals surface area contributed by atoms with Gasteiger partial charge in [0.25, 0.3) is 0 Å². The van der Waals surface area contributed by atoms with Gasteiger partial charge in [0, 0.05) is 12.0 Å². The Kier molecular flexibility index (Phi) is 5.45. The van der Waals surface area contributed by atoms with Gasteiger partial charge in [-0.3, -0.25) is 4.79 Å². The Morgan fingerprint density at radius 3 is 1.82 bits per heavy atom. The highest BCUT2D eigenvalue weighted by Crippen LogP contribution is 2.53. The topological polar surface area (TPSA) is 46.5 Å². The molecule has 1 unspecified atom stereocenters. The maximum Gasteiger partial charge on any atom is 0.308 e. The summed E-state index contributed by atoms with van der Waals surface area (Å²) in [6.45, 7) is 13.9. The van der Waals surface area contributed by atoms with Gasteiger partial charge in [-0.15, -0.1) is 0 Å². The number of carbonyl (C=O) groups excluding carboxylic acids is 1. The third-order valence-corrected chi connectivity index (χ3v) is 3.55. The highest BCUT2D eigenvalue weighted by molar-refractivity contribution is 5.70. The lowest BCUT2D eigenvalue weighted by Crippen LogP contribution is -2.49. The van der Waals surface area contributed by atoms with Crippen molar-refractivity contribution in [1.82, 2.24) is 0 Å². The molecule has 0 aliphatic heterocycles. The zero-order chi connectivity index (χ0) is 17.2. The maximum absolute atomic E-state index is 12.0. The second-order valence-corrected chi connectivity index (χ2v) is 7.71. The summed E-state index contributed by atoms with van der Waals surface area (Å²) in [5.74, 6) is -1.37. The Morgan fingerprint density at radius 2 is 1.45 bits per heavy atom. The molecular formula is C19H29O3. The molecule has 1 atom stereocenters. The van der Waals surface area contributed by atoms with E-state index in [0.717, 1.165) is 5.92 Å². The summed E-state index contributed by atoms with van der Waals surface area (Å²) in [4.78, 5) is 12.0. The Hall–Kier alpha value is -1.35. The molecule has 22 heavy (non-hydrogen) atoms. The zero-order valence-corrected chi connectivity index (χ0v) is 14.9. The van der Waals surface area contributed by atoms with E-state index >= 15 is 0 Å². The van der Waals surface area contributed by atoms with Crippen LogP contribution in [0.5, 0.6) is 0 Å². The van der Waals surface area contributed by atoms with Gasteiger partial charge in [0.15, 0.2) is 0 Å². The first-order valence-corrected chi connectivity index (χ1v) is 7.81. The van der Waals surface area contributed by atoms with Gasteiger partial charge in [-0.1, -0.05) is 78.8 Å². The summed E-state index contributed by atoms with van der Waals surface area (Å²) >= 11 is 0. The lowest BCUT2D eigenvalue weighted by atomic mass is 9.61. The zero-order valence-electron chi connectivity index (χ0n) is 14.9. The standard InChI is InChI=1S/C19H29O3/c1-8-15(20)22-19(21,14-12-10-9-11-13-14)16(17(2,3)4)18(5,6)7/h9-13,21H,8H2,1-7H3. The lowest BCUT2D eigenvalue weighted by Gasteiger charge is -2.48. The molecule has 0 amide bonds. The van der Waals surface area contributed by atoms with Gasteiger partial charge >= 0.3 is 5.97 Å². The maximum atomic E-state index is 12.0. The van der Waals surface area contributed by atoms with Gasteiger partial charge in [-0.2, -0.15) is 0 Å². The first-order chi connectivity index (χ1) is 9.93. The second-order valence-electron chi connectivity index (χ2n) is 7.71. The number of hydrogen-bond acceptors (Lipinski definition) is 3. The highest BCUT2D eigenvalue weighted by atomic mass is 16.7. The molecule has 0 spiro atoms. The van der Waals surface area contributed by atoms with Crippen molar-refractivity contribution in [2.24, 2.45) is 10.8 Å². The molecule has 0 saturated heterocycles.